The highest BCUT2D eigenvalue weighted by Crippen LogP contribution is 2.29. The van der Waals surface area contributed by atoms with Gasteiger partial charge in [0.15, 0.2) is 0 Å². The van der Waals surface area contributed by atoms with Gasteiger partial charge in [0.05, 0.1) is 5.39 Å². The maximum Gasteiger partial charge on any atom is 0.145 e. The molecular formula is C17H20N8. The van der Waals surface area contributed by atoms with Crippen LogP contribution in [-0.2, 0) is 20.5 Å². The molecule has 4 aromatic heterocycles. The smallest absolute Gasteiger partial charge is 0.145 e. The van der Waals surface area contributed by atoms with Gasteiger partial charge in [-0.15, -0.1) is 0 Å². The number of anilines is 1. The molecule has 0 atom stereocenters. The lowest BCUT2D eigenvalue weighted by Gasteiger charge is -2.19. The molecule has 0 spiro atoms. The van der Waals surface area contributed by atoms with E-state index in [1.165, 1.54) is 5.56 Å². The normalized spacial score (nSPS) is 11.5. The molecule has 8 heteroatoms. The van der Waals surface area contributed by atoms with Gasteiger partial charge in [0.1, 0.15) is 35.5 Å². The van der Waals surface area contributed by atoms with Crippen molar-refractivity contribution in [3.05, 3.63) is 54.5 Å². The SMILES string of the molecule is CCc1c[nH]c2ncnc(NC(c3nccn3C)c3nccn3C)c12. The summed E-state index contributed by atoms with van der Waals surface area (Å²) in [5.41, 5.74) is 2.00. The second-order valence-corrected chi connectivity index (χ2v) is 5.98. The van der Waals surface area contributed by atoms with Gasteiger partial charge in [-0.1, -0.05) is 6.92 Å². The van der Waals surface area contributed by atoms with Crippen LogP contribution in [0.5, 0.6) is 0 Å². The van der Waals surface area contributed by atoms with Gasteiger partial charge in [0.25, 0.3) is 0 Å². The van der Waals surface area contributed by atoms with Crippen molar-refractivity contribution in [2.45, 2.75) is 19.4 Å². The maximum absolute atomic E-state index is 4.52. The van der Waals surface area contributed by atoms with E-state index in [0.717, 1.165) is 34.9 Å². The Balaban J connectivity index is 1.84. The second kappa shape index (κ2) is 6.04. The predicted octanol–water partition coefficient (Wildman–Crippen LogP) is 2.19. The zero-order chi connectivity index (χ0) is 17.4. The van der Waals surface area contributed by atoms with Crippen LogP contribution in [0.4, 0.5) is 5.82 Å². The summed E-state index contributed by atoms with van der Waals surface area (Å²) >= 11 is 0. The number of hydrogen-bond donors (Lipinski definition) is 2. The van der Waals surface area contributed by atoms with E-state index in [-0.39, 0.29) is 6.04 Å². The first-order valence-corrected chi connectivity index (χ1v) is 8.21. The number of imidazole rings is 2. The number of aromatic nitrogens is 7. The summed E-state index contributed by atoms with van der Waals surface area (Å²) in [4.78, 5) is 21.1. The molecule has 0 amide bonds. The van der Waals surface area contributed by atoms with Crippen molar-refractivity contribution in [2.75, 3.05) is 5.32 Å². The van der Waals surface area contributed by atoms with Gasteiger partial charge in [-0.25, -0.2) is 19.9 Å². The number of aromatic amines is 1. The number of nitrogens with zero attached hydrogens (tertiary/aromatic N) is 6. The molecule has 0 saturated carbocycles. The fraction of sp³-hybridized carbons (Fsp3) is 0.294. The topological polar surface area (TPSA) is 89.2 Å². The van der Waals surface area contributed by atoms with Gasteiger partial charge in [-0.05, 0) is 12.0 Å². The molecule has 0 fully saturated rings. The van der Waals surface area contributed by atoms with Crippen molar-refractivity contribution in [1.82, 2.24) is 34.1 Å². The molecule has 4 aromatic rings. The molecule has 0 bridgehead atoms. The summed E-state index contributed by atoms with van der Waals surface area (Å²) in [6.07, 6.45) is 11.9. The average Bonchev–Trinajstić information content (AvgIpc) is 3.33. The van der Waals surface area contributed by atoms with Gasteiger partial charge >= 0.3 is 0 Å². The molecule has 128 valence electrons. The lowest BCUT2D eigenvalue weighted by atomic mass is 10.1. The van der Waals surface area contributed by atoms with Crippen LogP contribution in [0.1, 0.15) is 30.2 Å². The fourth-order valence-electron chi connectivity index (χ4n) is 3.11. The Hall–Kier alpha value is -3.16. The molecule has 0 aromatic carbocycles. The highest BCUT2D eigenvalue weighted by Gasteiger charge is 2.24. The van der Waals surface area contributed by atoms with Crippen molar-refractivity contribution in [2.24, 2.45) is 14.1 Å². The van der Waals surface area contributed by atoms with Gasteiger partial charge in [0.2, 0.25) is 0 Å². The van der Waals surface area contributed by atoms with E-state index >= 15 is 0 Å². The van der Waals surface area contributed by atoms with Crippen molar-refractivity contribution in [3.8, 4) is 0 Å². The van der Waals surface area contributed by atoms with Crippen LogP contribution >= 0.6 is 0 Å². The van der Waals surface area contributed by atoms with Crippen molar-refractivity contribution >= 4 is 16.9 Å². The van der Waals surface area contributed by atoms with E-state index in [2.05, 4.69) is 37.2 Å². The summed E-state index contributed by atoms with van der Waals surface area (Å²) < 4.78 is 3.98. The van der Waals surface area contributed by atoms with E-state index in [1.807, 2.05) is 41.8 Å². The van der Waals surface area contributed by atoms with E-state index in [4.69, 9.17) is 0 Å². The molecule has 0 aliphatic rings. The molecule has 0 aliphatic carbocycles. The van der Waals surface area contributed by atoms with Crippen molar-refractivity contribution in [3.63, 3.8) is 0 Å². The predicted molar refractivity (Wildman–Crippen MR) is 95.1 cm³/mol. The number of rotatable bonds is 5. The standard InChI is InChI=1S/C17H20N8/c1-4-11-9-20-14-12(11)15(22-10-21-14)23-13(16-18-5-7-24(16)2)17-19-6-8-25(17)3/h5-10,13H,4H2,1-3H3,(H2,20,21,22,23). The lowest BCUT2D eigenvalue weighted by Crippen LogP contribution is -2.21. The maximum atomic E-state index is 4.52. The van der Waals surface area contributed by atoms with E-state index in [1.54, 1.807) is 18.7 Å². The third kappa shape index (κ3) is 2.55. The number of aryl methyl sites for hydroxylation is 3. The lowest BCUT2D eigenvalue weighted by molar-refractivity contribution is 0.676. The number of fused-ring (bicyclic) bond motifs is 1. The highest BCUT2D eigenvalue weighted by atomic mass is 15.2. The Morgan fingerprint density at radius 2 is 1.72 bits per heavy atom. The number of H-pyrrole nitrogens is 1. The van der Waals surface area contributed by atoms with Crippen LogP contribution in [0.2, 0.25) is 0 Å². The zero-order valence-electron chi connectivity index (χ0n) is 14.4. The van der Waals surface area contributed by atoms with Crippen LogP contribution in [0.3, 0.4) is 0 Å². The molecule has 0 saturated heterocycles. The Labute approximate surface area is 145 Å². The van der Waals surface area contributed by atoms with Gasteiger partial charge in [-0.3, -0.25) is 0 Å². The zero-order valence-corrected chi connectivity index (χ0v) is 14.4. The van der Waals surface area contributed by atoms with Crippen LogP contribution in [0.15, 0.2) is 37.3 Å². The Kier molecular flexibility index (Phi) is 3.72. The quantitative estimate of drug-likeness (QED) is 0.583. The molecule has 0 aliphatic heterocycles. The van der Waals surface area contributed by atoms with E-state index in [0.29, 0.717) is 0 Å². The largest absolute Gasteiger partial charge is 0.353 e. The molecule has 2 N–H and O–H groups in total. The minimum atomic E-state index is -0.224. The molecule has 0 radical (unpaired) electrons. The van der Waals surface area contributed by atoms with Gasteiger partial charge in [0, 0.05) is 45.1 Å². The van der Waals surface area contributed by atoms with Crippen molar-refractivity contribution < 1.29 is 0 Å². The molecule has 25 heavy (non-hydrogen) atoms. The van der Waals surface area contributed by atoms with E-state index < -0.39 is 0 Å². The average molecular weight is 336 g/mol. The van der Waals surface area contributed by atoms with Crippen LogP contribution in [-0.4, -0.2) is 34.1 Å². The first-order chi connectivity index (χ1) is 12.2. The fourth-order valence-corrected chi connectivity index (χ4v) is 3.11. The molecule has 4 heterocycles. The first kappa shape index (κ1) is 15.4. The number of nitrogens with one attached hydrogen (secondary N) is 2. The third-order valence-corrected chi connectivity index (χ3v) is 4.45. The second-order valence-electron chi connectivity index (χ2n) is 5.98. The summed E-state index contributed by atoms with van der Waals surface area (Å²) in [5.74, 6) is 2.52. The first-order valence-electron chi connectivity index (χ1n) is 8.21. The summed E-state index contributed by atoms with van der Waals surface area (Å²) in [7, 11) is 3.95. The van der Waals surface area contributed by atoms with E-state index in [9.17, 15) is 0 Å². The molecule has 4 rings (SSSR count). The van der Waals surface area contributed by atoms with Gasteiger partial charge < -0.3 is 19.4 Å². The molecule has 0 unspecified atom stereocenters. The third-order valence-electron chi connectivity index (χ3n) is 4.45. The Morgan fingerprint density at radius 1 is 1.04 bits per heavy atom. The number of hydrogen-bond acceptors (Lipinski definition) is 5. The van der Waals surface area contributed by atoms with Crippen LogP contribution in [0, 0.1) is 0 Å². The van der Waals surface area contributed by atoms with Crippen LogP contribution < -0.4 is 5.32 Å². The van der Waals surface area contributed by atoms with Gasteiger partial charge in [-0.2, -0.15) is 0 Å². The summed E-state index contributed by atoms with van der Waals surface area (Å²) in [6.45, 7) is 2.12. The monoisotopic (exact) mass is 336 g/mol. The molecule has 8 nitrogen and oxygen atoms in total. The van der Waals surface area contributed by atoms with Crippen LogP contribution in [0.25, 0.3) is 11.0 Å². The minimum Gasteiger partial charge on any atom is -0.353 e. The Morgan fingerprint density at radius 3 is 2.28 bits per heavy atom. The highest BCUT2D eigenvalue weighted by molar-refractivity contribution is 5.90. The summed E-state index contributed by atoms with van der Waals surface area (Å²) in [6, 6.07) is -0.224. The minimum absolute atomic E-state index is 0.224. The van der Waals surface area contributed by atoms with Crippen molar-refractivity contribution in [1.29, 1.82) is 0 Å². The molecular weight excluding hydrogens is 316 g/mol. The Bertz CT molecular complexity index is 968. The summed E-state index contributed by atoms with van der Waals surface area (Å²) in [5, 5.41) is 4.54.